The van der Waals surface area contributed by atoms with Crippen molar-refractivity contribution in [3.05, 3.63) is 35.9 Å². The Bertz CT molecular complexity index is 736. The van der Waals surface area contributed by atoms with Crippen LogP contribution in [0.25, 0.3) is 0 Å². The van der Waals surface area contributed by atoms with Crippen LogP contribution in [0.3, 0.4) is 0 Å². The third-order valence-electron chi connectivity index (χ3n) is 4.26. The molecule has 30 heavy (non-hydrogen) atoms. The van der Waals surface area contributed by atoms with E-state index < -0.39 is 42.0 Å². The summed E-state index contributed by atoms with van der Waals surface area (Å²) in [6, 6.07) is 5.22. The summed E-state index contributed by atoms with van der Waals surface area (Å²) in [4.78, 5) is 40.1. The number of amides is 2. The fourth-order valence-electron chi connectivity index (χ4n) is 2.63. The van der Waals surface area contributed by atoms with E-state index in [-0.39, 0.29) is 18.8 Å². The Hall–Kier alpha value is -3.18. The SMILES string of the molecule is CC(O)C(NC(=O)C(N)CCCN=C(N)N)C(=O)NC(Cc1ccccc1)C(=O)O. The molecule has 0 spiro atoms. The van der Waals surface area contributed by atoms with Crippen LogP contribution in [0.1, 0.15) is 25.3 Å². The molecule has 2 amide bonds. The number of nitrogens with one attached hydrogen (secondary N) is 2. The van der Waals surface area contributed by atoms with Gasteiger partial charge in [0.25, 0.3) is 0 Å². The van der Waals surface area contributed by atoms with Gasteiger partial charge in [-0.3, -0.25) is 14.6 Å². The average molecular weight is 422 g/mol. The Kier molecular flexibility index (Phi) is 10.3. The van der Waals surface area contributed by atoms with Gasteiger partial charge in [-0.25, -0.2) is 4.79 Å². The first kappa shape index (κ1) is 24.9. The molecule has 0 heterocycles. The van der Waals surface area contributed by atoms with Gasteiger partial charge in [0, 0.05) is 13.0 Å². The molecule has 1 aromatic rings. The third kappa shape index (κ3) is 8.88. The second-order valence-electron chi connectivity index (χ2n) is 6.87. The van der Waals surface area contributed by atoms with E-state index >= 15 is 0 Å². The summed E-state index contributed by atoms with van der Waals surface area (Å²) in [5, 5.41) is 24.1. The van der Waals surface area contributed by atoms with Crippen molar-refractivity contribution in [1.29, 1.82) is 0 Å². The van der Waals surface area contributed by atoms with Gasteiger partial charge in [0.05, 0.1) is 12.1 Å². The van der Waals surface area contributed by atoms with Gasteiger partial charge in [0.1, 0.15) is 12.1 Å². The zero-order valence-electron chi connectivity index (χ0n) is 16.8. The van der Waals surface area contributed by atoms with Gasteiger partial charge in [0.2, 0.25) is 11.8 Å². The number of aliphatic hydroxyl groups excluding tert-OH is 1. The van der Waals surface area contributed by atoms with Gasteiger partial charge in [-0.1, -0.05) is 30.3 Å². The van der Waals surface area contributed by atoms with Gasteiger partial charge in [-0.2, -0.15) is 0 Å². The lowest BCUT2D eigenvalue weighted by molar-refractivity contribution is -0.142. The maximum absolute atomic E-state index is 12.5. The topological polar surface area (TPSA) is 206 Å². The number of aliphatic imine (C=N–C) groups is 1. The predicted molar refractivity (Wildman–Crippen MR) is 111 cm³/mol. The van der Waals surface area contributed by atoms with Crippen LogP contribution in [0, 0.1) is 0 Å². The molecule has 0 aliphatic rings. The summed E-state index contributed by atoms with van der Waals surface area (Å²) >= 11 is 0. The number of aliphatic hydroxyl groups is 1. The number of carboxylic acids is 1. The molecular weight excluding hydrogens is 392 g/mol. The number of carboxylic acid groups (broad SMARTS) is 1. The van der Waals surface area contributed by atoms with E-state index in [1.165, 1.54) is 6.92 Å². The standard InChI is InChI=1S/C19H30N6O5/c1-11(26)15(25-16(27)13(20)8-5-9-23-19(21)22)17(28)24-14(18(29)30)10-12-6-3-2-4-7-12/h2-4,6-7,11,13-15,26H,5,8-10,20H2,1H3,(H,24,28)(H,25,27)(H,29,30)(H4,21,22,23). The second-order valence-corrected chi connectivity index (χ2v) is 6.87. The molecule has 0 fully saturated rings. The van der Waals surface area contributed by atoms with Crippen molar-refractivity contribution in [2.24, 2.45) is 22.2 Å². The van der Waals surface area contributed by atoms with Crippen LogP contribution in [0.5, 0.6) is 0 Å². The molecule has 0 saturated heterocycles. The van der Waals surface area contributed by atoms with Crippen molar-refractivity contribution in [2.45, 2.75) is 50.4 Å². The van der Waals surface area contributed by atoms with E-state index in [1.807, 2.05) is 0 Å². The van der Waals surface area contributed by atoms with Crippen molar-refractivity contribution in [3.63, 3.8) is 0 Å². The van der Waals surface area contributed by atoms with Crippen LogP contribution < -0.4 is 27.8 Å². The van der Waals surface area contributed by atoms with Crippen molar-refractivity contribution in [3.8, 4) is 0 Å². The molecule has 0 radical (unpaired) electrons. The summed E-state index contributed by atoms with van der Waals surface area (Å²) in [6.45, 7) is 1.60. The molecule has 11 nitrogen and oxygen atoms in total. The zero-order valence-corrected chi connectivity index (χ0v) is 16.8. The molecule has 0 aliphatic heterocycles. The predicted octanol–water partition coefficient (Wildman–Crippen LogP) is -1.95. The van der Waals surface area contributed by atoms with Gasteiger partial charge in [-0.05, 0) is 25.3 Å². The Labute approximate surface area is 174 Å². The number of aliphatic carboxylic acids is 1. The number of nitrogens with two attached hydrogens (primary N) is 3. The number of carbonyl (C=O) groups excluding carboxylic acids is 2. The van der Waals surface area contributed by atoms with Gasteiger partial charge in [-0.15, -0.1) is 0 Å². The number of carbonyl (C=O) groups is 3. The third-order valence-corrected chi connectivity index (χ3v) is 4.26. The highest BCUT2D eigenvalue weighted by atomic mass is 16.4. The number of rotatable bonds is 12. The quantitative estimate of drug-likeness (QED) is 0.114. The summed E-state index contributed by atoms with van der Waals surface area (Å²) in [5.74, 6) is -2.79. The number of benzene rings is 1. The van der Waals surface area contributed by atoms with Gasteiger partial charge in [0.15, 0.2) is 5.96 Å². The minimum atomic E-state index is -1.36. The van der Waals surface area contributed by atoms with Crippen LogP contribution in [-0.4, -0.2) is 64.7 Å². The van der Waals surface area contributed by atoms with E-state index in [9.17, 15) is 24.6 Å². The molecule has 0 saturated carbocycles. The lowest BCUT2D eigenvalue weighted by atomic mass is 10.0. The molecule has 4 atom stereocenters. The Balaban J connectivity index is 2.70. The molecule has 4 unspecified atom stereocenters. The number of guanidine groups is 1. The molecule has 11 heteroatoms. The highest BCUT2D eigenvalue weighted by Crippen LogP contribution is 2.05. The lowest BCUT2D eigenvalue weighted by Crippen LogP contribution is -2.58. The van der Waals surface area contributed by atoms with Crippen molar-refractivity contribution in [2.75, 3.05) is 6.54 Å². The summed E-state index contributed by atoms with van der Waals surface area (Å²) in [6.07, 6.45) is -0.528. The number of hydrogen-bond donors (Lipinski definition) is 7. The van der Waals surface area contributed by atoms with Gasteiger partial charge >= 0.3 is 5.97 Å². The molecule has 1 rings (SSSR count). The highest BCUT2D eigenvalue weighted by Gasteiger charge is 2.30. The first-order chi connectivity index (χ1) is 14.1. The lowest BCUT2D eigenvalue weighted by Gasteiger charge is -2.24. The van der Waals surface area contributed by atoms with E-state index in [2.05, 4.69) is 15.6 Å². The molecule has 0 aliphatic carbocycles. The minimum Gasteiger partial charge on any atom is -0.480 e. The summed E-state index contributed by atoms with van der Waals surface area (Å²) in [5.41, 5.74) is 16.9. The monoisotopic (exact) mass is 422 g/mol. The van der Waals surface area contributed by atoms with E-state index in [0.29, 0.717) is 18.5 Å². The van der Waals surface area contributed by atoms with Crippen molar-refractivity contribution < 1.29 is 24.6 Å². The Morgan fingerprint density at radius 1 is 1.10 bits per heavy atom. The first-order valence-electron chi connectivity index (χ1n) is 9.48. The molecule has 0 aromatic heterocycles. The highest BCUT2D eigenvalue weighted by molar-refractivity contribution is 5.92. The average Bonchev–Trinajstić information content (AvgIpc) is 2.68. The number of nitrogens with zero attached hydrogens (tertiary/aromatic N) is 1. The fraction of sp³-hybridized carbons (Fsp3) is 0.474. The van der Waals surface area contributed by atoms with Gasteiger partial charge < -0.3 is 38.0 Å². The van der Waals surface area contributed by atoms with Crippen LogP contribution in [0.4, 0.5) is 0 Å². The van der Waals surface area contributed by atoms with Crippen LogP contribution in [0.2, 0.25) is 0 Å². The molecular formula is C19H30N6O5. The van der Waals surface area contributed by atoms with Crippen LogP contribution >= 0.6 is 0 Å². The summed E-state index contributed by atoms with van der Waals surface area (Å²) < 4.78 is 0. The van der Waals surface area contributed by atoms with Crippen molar-refractivity contribution >= 4 is 23.7 Å². The summed E-state index contributed by atoms with van der Waals surface area (Å²) in [7, 11) is 0. The first-order valence-corrected chi connectivity index (χ1v) is 9.48. The van der Waals surface area contributed by atoms with E-state index in [0.717, 1.165) is 0 Å². The molecule has 10 N–H and O–H groups in total. The fourth-order valence-corrected chi connectivity index (χ4v) is 2.63. The normalized spacial score (nSPS) is 14.6. The van der Waals surface area contributed by atoms with E-state index in [1.54, 1.807) is 30.3 Å². The molecule has 166 valence electrons. The minimum absolute atomic E-state index is 0.0483. The smallest absolute Gasteiger partial charge is 0.326 e. The second kappa shape index (κ2) is 12.4. The maximum atomic E-state index is 12.5. The van der Waals surface area contributed by atoms with Crippen LogP contribution in [-0.2, 0) is 20.8 Å². The van der Waals surface area contributed by atoms with E-state index in [4.69, 9.17) is 17.2 Å². The Morgan fingerprint density at radius 2 is 1.73 bits per heavy atom. The molecule has 1 aromatic carbocycles. The number of hydrogen-bond acceptors (Lipinski definition) is 6. The zero-order chi connectivity index (χ0) is 22.7. The largest absolute Gasteiger partial charge is 0.480 e. The van der Waals surface area contributed by atoms with Crippen molar-refractivity contribution in [1.82, 2.24) is 10.6 Å². The molecule has 0 bridgehead atoms. The Morgan fingerprint density at radius 3 is 2.27 bits per heavy atom. The maximum Gasteiger partial charge on any atom is 0.326 e. The van der Waals surface area contributed by atoms with Crippen LogP contribution in [0.15, 0.2) is 35.3 Å².